The Kier molecular flexibility index (Phi) is 4.97. The molecule has 0 unspecified atom stereocenters. The van der Waals surface area contributed by atoms with Crippen molar-refractivity contribution in [3.63, 3.8) is 0 Å². The Labute approximate surface area is 55.2 Å². The van der Waals surface area contributed by atoms with Gasteiger partial charge >= 0.3 is 0 Å². The van der Waals surface area contributed by atoms with E-state index in [0.29, 0.717) is 5.84 Å². The monoisotopic (exact) mass is 128 g/mol. The molecule has 0 rings (SSSR count). The van der Waals surface area contributed by atoms with Crippen molar-refractivity contribution in [2.24, 2.45) is 10.2 Å². The first-order valence-corrected chi connectivity index (χ1v) is 3.14. The summed E-state index contributed by atoms with van der Waals surface area (Å²) in [6, 6.07) is 0. The molecule has 0 fully saturated rings. The Morgan fingerprint density at radius 2 is 2.22 bits per heavy atom. The van der Waals surface area contributed by atoms with Gasteiger partial charge in [-0.2, -0.15) is 0 Å². The highest BCUT2D eigenvalue weighted by Crippen LogP contribution is 1.96. The van der Waals surface area contributed by atoms with E-state index < -0.39 is 0 Å². The Balaban J connectivity index is 3.45. The van der Waals surface area contributed by atoms with Gasteiger partial charge in [-0.1, -0.05) is 13.3 Å². The zero-order valence-electron chi connectivity index (χ0n) is 5.92. The standard InChI is InChI=1S/C6H12N2O/c1-3-4-5-6(7-2)8-9/h3-5H2,1-2H3/b7-6+. The molecule has 9 heavy (non-hydrogen) atoms. The third-order valence-electron chi connectivity index (χ3n) is 1.12. The highest BCUT2D eigenvalue weighted by atomic mass is 16.3. The lowest BCUT2D eigenvalue weighted by Gasteiger charge is -1.90. The lowest BCUT2D eigenvalue weighted by molar-refractivity contribution is 0.830. The van der Waals surface area contributed by atoms with Crippen molar-refractivity contribution in [3.05, 3.63) is 4.91 Å². The van der Waals surface area contributed by atoms with Crippen molar-refractivity contribution in [1.82, 2.24) is 0 Å². The molecule has 0 aromatic heterocycles. The molecule has 0 spiro atoms. The summed E-state index contributed by atoms with van der Waals surface area (Å²) in [4.78, 5) is 13.5. The van der Waals surface area contributed by atoms with Gasteiger partial charge in [0, 0.05) is 13.5 Å². The highest BCUT2D eigenvalue weighted by molar-refractivity contribution is 5.82. The first kappa shape index (κ1) is 8.27. The van der Waals surface area contributed by atoms with E-state index in [-0.39, 0.29) is 0 Å². The van der Waals surface area contributed by atoms with E-state index in [0.717, 1.165) is 19.3 Å². The number of aliphatic imine (C=N–C) groups is 1. The Bertz CT molecular complexity index is 110. The van der Waals surface area contributed by atoms with Gasteiger partial charge in [-0.3, -0.25) is 4.99 Å². The van der Waals surface area contributed by atoms with E-state index in [1.807, 2.05) is 0 Å². The number of unbranched alkanes of at least 4 members (excludes halogenated alkanes) is 1. The average molecular weight is 128 g/mol. The van der Waals surface area contributed by atoms with Crippen LogP contribution in [-0.2, 0) is 0 Å². The molecule has 0 aromatic rings. The first-order valence-electron chi connectivity index (χ1n) is 3.14. The fourth-order valence-corrected chi connectivity index (χ4v) is 0.533. The van der Waals surface area contributed by atoms with Crippen LogP contribution < -0.4 is 0 Å². The van der Waals surface area contributed by atoms with E-state index in [9.17, 15) is 4.91 Å². The topological polar surface area (TPSA) is 41.8 Å². The smallest absolute Gasteiger partial charge is 0.167 e. The number of amidine groups is 1. The third kappa shape index (κ3) is 3.82. The molecule has 3 nitrogen and oxygen atoms in total. The van der Waals surface area contributed by atoms with Gasteiger partial charge in [0.25, 0.3) is 0 Å². The molecule has 0 aliphatic heterocycles. The van der Waals surface area contributed by atoms with Gasteiger partial charge in [0.05, 0.1) is 0 Å². The second kappa shape index (κ2) is 5.41. The fourth-order valence-electron chi connectivity index (χ4n) is 0.533. The summed E-state index contributed by atoms with van der Waals surface area (Å²) in [6.45, 7) is 2.07. The predicted octanol–water partition coefficient (Wildman–Crippen LogP) is 1.97. The molecule has 0 heterocycles. The first-order chi connectivity index (χ1) is 4.35. The predicted molar refractivity (Wildman–Crippen MR) is 38.7 cm³/mol. The molecule has 0 aliphatic carbocycles. The zero-order chi connectivity index (χ0) is 7.11. The summed E-state index contributed by atoms with van der Waals surface area (Å²) in [7, 11) is 1.59. The van der Waals surface area contributed by atoms with Crippen molar-refractivity contribution >= 4 is 5.84 Å². The Morgan fingerprint density at radius 1 is 1.56 bits per heavy atom. The van der Waals surface area contributed by atoms with Gasteiger partial charge in [0.15, 0.2) is 5.84 Å². The molecule has 0 saturated heterocycles. The van der Waals surface area contributed by atoms with Crippen molar-refractivity contribution in [3.8, 4) is 0 Å². The second-order valence-corrected chi connectivity index (χ2v) is 1.83. The van der Waals surface area contributed by atoms with E-state index in [2.05, 4.69) is 17.1 Å². The lowest BCUT2D eigenvalue weighted by Crippen LogP contribution is -1.90. The van der Waals surface area contributed by atoms with Crippen LogP contribution in [0.4, 0.5) is 0 Å². The molecule has 0 aliphatic rings. The van der Waals surface area contributed by atoms with Gasteiger partial charge in [-0.05, 0) is 11.6 Å². The van der Waals surface area contributed by atoms with Gasteiger partial charge in [0.2, 0.25) is 0 Å². The van der Waals surface area contributed by atoms with Crippen LogP contribution >= 0.6 is 0 Å². The van der Waals surface area contributed by atoms with E-state index in [4.69, 9.17) is 0 Å². The summed E-state index contributed by atoms with van der Waals surface area (Å²) < 4.78 is 0. The summed E-state index contributed by atoms with van der Waals surface area (Å²) in [5.41, 5.74) is 0. The highest BCUT2D eigenvalue weighted by Gasteiger charge is 1.93. The van der Waals surface area contributed by atoms with Crippen LogP contribution in [-0.4, -0.2) is 12.9 Å². The molecule has 0 radical (unpaired) electrons. The Hall–Kier alpha value is -0.730. The van der Waals surface area contributed by atoms with Crippen LogP contribution in [0.3, 0.4) is 0 Å². The van der Waals surface area contributed by atoms with Crippen molar-refractivity contribution < 1.29 is 0 Å². The van der Waals surface area contributed by atoms with E-state index in [1.165, 1.54) is 0 Å². The summed E-state index contributed by atoms with van der Waals surface area (Å²) in [5.74, 6) is 0.428. The largest absolute Gasteiger partial charge is 0.271 e. The maximum Gasteiger partial charge on any atom is 0.167 e. The number of rotatable bonds is 3. The van der Waals surface area contributed by atoms with E-state index in [1.54, 1.807) is 7.05 Å². The zero-order valence-corrected chi connectivity index (χ0v) is 5.92. The second-order valence-electron chi connectivity index (χ2n) is 1.83. The molecule has 3 heteroatoms. The quantitative estimate of drug-likeness (QED) is 0.325. The van der Waals surface area contributed by atoms with Crippen LogP contribution in [0, 0.1) is 4.91 Å². The average Bonchev–Trinajstić information content (AvgIpc) is 1.91. The number of nitrogens with zero attached hydrogens (tertiary/aromatic N) is 2. The van der Waals surface area contributed by atoms with Gasteiger partial charge in [-0.15, -0.1) is 4.91 Å². The fraction of sp³-hybridized carbons (Fsp3) is 0.833. The van der Waals surface area contributed by atoms with Crippen LogP contribution in [0.5, 0.6) is 0 Å². The van der Waals surface area contributed by atoms with Gasteiger partial charge in [0.1, 0.15) is 0 Å². The van der Waals surface area contributed by atoms with Crippen LogP contribution in [0.1, 0.15) is 26.2 Å². The number of hydrogen-bond acceptors (Lipinski definition) is 2. The van der Waals surface area contributed by atoms with Crippen LogP contribution in [0.2, 0.25) is 0 Å². The minimum absolute atomic E-state index is 0.428. The van der Waals surface area contributed by atoms with Gasteiger partial charge in [-0.25, -0.2) is 0 Å². The molecule has 0 bridgehead atoms. The summed E-state index contributed by atoms with van der Waals surface area (Å²) >= 11 is 0. The third-order valence-corrected chi connectivity index (χ3v) is 1.12. The molecule has 0 aromatic carbocycles. The van der Waals surface area contributed by atoms with Crippen molar-refractivity contribution in [2.75, 3.05) is 7.05 Å². The summed E-state index contributed by atoms with van der Waals surface area (Å²) in [5, 5.41) is 2.74. The van der Waals surface area contributed by atoms with Crippen LogP contribution in [0.25, 0.3) is 0 Å². The molecule has 0 atom stereocenters. The number of hydrogen-bond donors (Lipinski definition) is 0. The normalized spacial score (nSPS) is 11.6. The van der Waals surface area contributed by atoms with E-state index >= 15 is 0 Å². The van der Waals surface area contributed by atoms with Crippen molar-refractivity contribution in [2.45, 2.75) is 26.2 Å². The summed E-state index contributed by atoms with van der Waals surface area (Å²) in [6.07, 6.45) is 2.80. The van der Waals surface area contributed by atoms with Gasteiger partial charge < -0.3 is 0 Å². The minimum Gasteiger partial charge on any atom is -0.271 e. The SMILES string of the molecule is CCCC/C(N=O)=N\C. The van der Waals surface area contributed by atoms with Crippen LogP contribution in [0.15, 0.2) is 10.2 Å². The molecule has 52 valence electrons. The lowest BCUT2D eigenvalue weighted by atomic mass is 10.2. The maximum atomic E-state index is 9.86. The molecular weight excluding hydrogens is 116 g/mol. The molecule has 0 amide bonds. The minimum atomic E-state index is 0.428. The molecule has 0 N–H and O–H groups in total. The van der Waals surface area contributed by atoms with Crippen molar-refractivity contribution in [1.29, 1.82) is 0 Å². The maximum absolute atomic E-state index is 9.86. The molecule has 0 saturated carbocycles. The number of nitroso groups, excluding NO2 is 1. The Morgan fingerprint density at radius 3 is 2.56 bits per heavy atom. The molecular formula is C6H12N2O.